The number of hydrogen-bond acceptors (Lipinski definition) is 6. The molecule has 3 aromatic rings. The molecular weight excluding hydrogens is 326 g/mol. The maximum Gasteiger partial charge on any atom is 0.216 e. The van der Waals surface area contributed by atoms with E-state index in [1.54, 1.807) is 16.0 Å². The second-order valence-corrected chi connectivity index (χ2v) is 6.80. The normalized spacial score (nSPS) is 11.0. The standard InChI is InChI=1S/C13H12ClN5S2/c1-2-7-19-12(16-17-18-19)21-13-15-11(8-20-13)9-3-5-10(14)6-4-9/h3-6,8H,2,7H2,1H3. The third-order valence-electron chi connectivity index (χ3n) is 2.74. The molecule has 0 N–H and O–H groups in total. The Morgan fingerprint density at radius 2 is 2.10 bits per heavy atom. The molecule has 8 heteroatoms. The van der Waals surface area contributed by atoms with Crippen LogP contribution in [0.4, 0.5) is 0 Å². The molecule has 0 amide bonds. The van der Waals surface area contributed by atoms with Crippen molar-refractivity contribution in [2.45, 2.75) is 29.4 Å². The summed E-state index contributed by atoms with van der Waals surface area (Å²) in [5.41, 5.74) is 1.99. The van der Waals surface area contributed by atoms with Crippen molar-refractivity contribution < 1.29 is 0 Å². The van der Waals surface area contributed by atoms with Gasteiger partial charge in [-0.25, -0.2) is 9.67 Å². The summed E-state index contributed by atoms with van der Waals surface area (Å²) in [6.07, 6.45) is 0.993. The molecule has 0 saturated heterocycles. The Labute approximate surface area is 135 Å². The van der Waals surface area contributed by atoms with Gasteiger partial charge in [-0.2, -0.15) is 0 Å². The Morgan fingerprint density at radius 1 is 1.29 bits per heavy atom. The average Bonchev–Trinajstić information content (AvgIpc) is 3.11. The number of thiazole rings is 1. The van der Waals surface area contributed by atoms with Crippen LogP contribution in [-0.4, -0.2) is 25.2 Å². The molecule has 108 valence electrons. The Hall–Kier alpha value is -1.44. The minimum atomic E-state index is 0.724. The quantitative estimate of drug-likeness (QED) is 0.704. The predicted octanol–water partition coefficient (Wildman–Crippen LogP) is 4.01. The first-order chi connectivity index (χ1) is 10.3. The zero-order chi connectivity index (χ0) is 14.7. The van der Waals surface area contributed by atoms with Crippen LogP contribution >= 0.6 is 34.7 Å². The fourth-order valence-electron chi connectivity index (χ4n) is 1.76. The van der Waals surface area contributed by atoms with Gasteiger partial charge >= 0.3 is 0 Å². The highest BCUT2D eigenvalue weighted by Crippen LogP contribution is 2.32. The molecule has 1 aromatic carbocycles. The van der Waals surface area contributed by atoms with Crippen molar-refractivity contribution in [3.05, 3.63) is 34.7 Å². The lowest BCUT2D eigenvalue weighted by Crippen LogP contribution is -2.00. The fraction of sp³-hybridized carbons (Fsp3) is 0.231. The highest BCUT2D eigenvalue weighted by atomic mass is 35.5. The van der Waals surface area contributed by atoms with E-state index in [1.165, 1.54) is 11.8 Å². The SMILES string of the molecule is CCCn1nnnc1Sc1nc(-c2ccc(Cl)cc2)cs1. The number of nitrogens with zero attached hydrogens (tertiary/aromatic N) is 5. The molecule has 0 atom stereocenters. The maximum atomic E-state index is 5.90. The smallest absolute Gasteiger partial charge is 0.216 e. The molecular formula is C13H12ClN5S2. The van der Waals surface area contributed by atoms with E-state index >= 15 is 0 Å². The summed E-state index contributed by atoms with van der Waals surface area (Å²) in [6.45, 7) is 2.91. The van der Waals surface area contributed by atoms with Crippen LogP contribution in [0, 0.1) is 0 Å². The van der Waals surface area contributed by atoms with Crippen LogP contribution < -0.4 is 0 Å². The van der Waals surface area contributed by atoms with Crippen LogP contribution in [0.3, 0.4) is 0 Å². The van der Waals surface area contributed by atoms with Gasteiger partial charge in [-0.1, -0.05) is 30.7 Å². The van der Waals surface area contributed by atoms with Crippen molar-refractivity contribution in [3.63, 3.8) is 0 Å². The highest BCUT2D eigenvalue weighted by molar-refractivity contribution is 8.00. The van der Waals surface area contributed by atoms with E-state index in [0.717, 1.165) is 38.7 Å². The third-order valence-corrected chi connectivity index (χ3v) is 4.90. The summed E-state index contributed by atoms with van der Waals surface area (Å²) < 4.78 is 2.72. The van der Waals surface area contributed by atoms with Gasteiger partial charge in [0.2, 0.25) is 5.16 Å². The molecule has 0 aliphatic carbocycles. The van der Waals surface area contributed by atoms with Crippen LogP contribution in [0.25, 0.3) is 11.3 Å². The maximum absolute atomic E-state index is 5.90. The van der Waals surface area contributed by atoms with E-state index in [-0.39, 0.29) is 0 Å². The number of halogens is 1. The summed E-state index contributed by atoms with van der Waals surface area (Å²) in [5, 5.41) is 15.3. The summed E-state index contributed by atoms with van der Waals surface area (Å²) >= 11 is 8.97. The second-order valence-electron chi connectivity index (χ2n) is 4.29. The zero-order valence-corrected chi connectivity index (χ0v) is 13.6. The number of aromatic nitrogens is 5. The molecule has 3 rings (SSSR count). The Kier molecular flexibility index (Phi) is 4.52. The summed E-state index contributed by atoms with van der Waals surface area (Å²) in [4.78, 5) is 4.62. The molecule has 2 aromatic heterocycles. The molecule has 5 nitrogen and oxygen atoms in total. The van der Waals surface area contributed by atoms with E-state index in [0.29, 0.717) is 0 Å². The number of aryl methyl sites for hydroxylation is 1. The predicted molar refractivity (Wildman–Crippen MR) is 84.8 cm³/mol. The van der Waals surface area contributed by atoms with Crippen LogP contribution in [0.15, 0.2) is 39.1 Å². The first-order valence-corrected chi connectivity index (χ1v) is 8.49. The van der Waals surface area contributed by atoms with E-state index in [2.05, 4.69) is 27.4 Å². The van der Waals surface area contributed by atoms with Gasteiger partial charge in [-0.3, -0.25) is 0 Å². The lowest BCUT2D eigenvalue weighted by Gasteiger charge is -1.99. The lowest BCUT2D eigenvalue weighted by molar-refractivity contribution is 0.539. The Morgan fingerprint density at radius 3 is 2.86 bits per heavy atom. The van der Waals surface area contributed by atoms with Crippen molar-refractivity contribution >= 4 is 34.7 Å². The second kappa shape index (κ2) is 6.55. The summed E-state index contributed by atoms with van der Waals surface area (Å²) in [7, 11) is 0. The molecule has 0 bridgehead atoms. The topological polar surface area (TPSA) is 56.5 Å². The van der Waals surface area contributed by atoms with Crippen molar-refractivity contribution in [2.75, 3.05) is 0 Å². The molecule has 21 heavy (non-hydrogen) atoms. The average molecular weight is 338 g/mol. The van der Waals surface area contributed by atoms with Crippen molar-refractivity contribution in [1.82, 2.24) is 25.2 Å². The Balaban J connectivity index is 1.78. The van der Waals surface area contributed by atoms with Gasteiger partial charge in [0.15, 0.2) is 4.34 Å². The van der Waals surface area contributed by atoms with E-state index in [9.17, 15) is 0 Å². The Bertz CT molecular complexity index is 722. The van der Waals surface area contributed by atoms with Crippen molar-refractivity contribution in [3.8, 4) is 11.3 Å². The van der Waals surface area contributed by atoms with Gasteiger partial charge in [-0.15, -0.1) is 16.4 Å². The highest BCUT2D eigenvalue weighted by Gasteiger charge is 2.11. The molecule has 0 radical (unpaired) electrons. The van der Waals surface area contributed by atoms with Crippen LogP contribution in [0.2, 0.25) is 5.02 Å². The van der Waals surface area contributed by atoms with Crippen molar-refractivity contribution in [1.29, 1.82) is 0 Å². The van der Waals surface area contributed by atoms with E-state index in [1.807, 2.05) is 29.6 Å². The lowest BCUT2D eigenvalue weighted by atomic mass is 10.2. The van der Waals surface area contributed by atoms with Crippen LogP contribution in [0.5, 0.6) is 0 Å². The summed E-state index contributed by atoms with van der Waals surface area (Å²) in [6, 6.07) is 7.66. The monoisotopic (exact) mass is 337 g/mol. The van der Waals surface area contributed by atoms with E-state index < -0.39 is 0 Å². The van der Waals surface area contributed by atoms with Gasteiger partial charge in [0.05, 0.1) is 5.69 Å². The van der Waals surface area contributed by atoms with E-state index in [4.69, 9.17) is 11.6 Å². The number of benzene rings is 1. The van der Waals surface area contributed by atoms with Gasteiger partial charge in [0.25, 0.3) is 0 Å². The molecule has 0 aliphatic heterocycles. The number of hydrogen-bond donors (Lipinski definition) is 0. The number of rotatable bonds is 5. The van der Waals surface area contributed by atoms with Crippen LogP contribution in [0.1, 0.15) is 13.3 Å². The third kappa shape index (κ3) is 3.42. The molecule has 0 unspecified atom stereocenters. The minimum Gasteiger partial charge on any atom is -0.229 e. The minimum absolute atomic E-state index is 0.724. The van der Waals surface area contributed by atoms with Gasteiger partial charge < -0.3 is 0 Å². The fourth-order valence-corrected chi connectivity index (χ4v) is 3.61. The molecule has 2 heterocycles. The molecule has 0 aliphatic rings. The summed E-state index contributed by atoms with van der Waals surface area (Å²) in [5.74, 6) is 0. The van der Waals surface area contributed by atoms with Crippen LogP contribution in [-0.2, 0) is 6.54 Å². The van der Waals surface area contributed by atoms with Crippen molar-refractivity contribution in [2.24, 2.45) is 0 Å². The largest absolute Gasteiger partial charge is 0.229 e. The molecule has 0 fully saturated rings. The zero-order valence-electron chi connectivity index (χ0n) is 11.2. The van der Waals surface area contributed by atoms with Gasteiger partial charge in [-0.05, 0) is 40.7 Å². The first-order valence-electron chi connectivity index (χ1n) is 6.41. The first kappa shape index (κ1) is 14.5. The molecule has 0 spiro atoms. The van der Waals surface area contributed by atoms with Gasteiger partial charge in [0, 0.05) is 22.5 Å². The van der Waals surface area contributed by atoms with Gasteiger partial charge in [0.1, 0.15) is 0 Å². The number of tetrazole rings is 1. The molecule has 0 saturated carbocycles.